The molecule has 5 nitrogen and oxygen atoms in total. The lowest BCUT2D eigenvalue weighted by Gasteiger charge is -2.35. The summed E-state index contributed by atoms with van der Waals surface area (Å²) in [5, 5.41) is 0.913. The van der Waals surface area contributed by atoms with Gasteiger partial charge in [-0.15, -0.1) is 0 Å². The number of aryl methyl sites for hydroxylation is 1. The second-order valence-corrected chi connectivity index (χ2v) is 7.07. The third-order valence-electron chi connectivity index (χ3n) is 5.35. The molecule has 2 N–H and O–H groups in total. The smallest absolute Gasteiger partial charge is 0.336 e. The van der Waals surface area contributed by atoms with Gasteiger partial charge < -0.3 is 10.2 Å². The fourth-order valence-electron chi connectivity index (χ4n) is 3.87. The first-order chi connectivity index (χ1) is 13.0. The largest absolute Gasteiger partial charge is 0.423 e. The van der Waals surface area contributed by atoms with Gasteiger partial charge in [0.15, 0.2) is 0 Å². The van der Waals surface area contributed by atoms with Gasteiger partial charge in [-0.2, -0.15) is 0 Å². The minimum Gasteiger partial charge on any atom is -0.423 e. The Morgan fingerprint density at radius 2 is 1.96 bits per heavy atom. The number of carbonyl (C=O) groups excluding carboxylic acids is 1. The topological polar surface area (TPSA) is 76.5 Å². The fraction of sp³-hybridized carbons (Fsp3) is 0.273. The summed E-state index contributed by atoms with van der Waals surface area (Å²) >= 11 is 0. The Hall–Kier alpha value is -2.92. The van der Waals surface area contributed by atoms with Gasteiger partial charge in [0.1, 0.15) is 5.58 Å². The van der Waals surface area contributed by atoms with E-state index in [9.17, 15) is 9.59 Å². The van der Waals surface area contributed by atoms with Crippen LogP contribution >= 0.6 is 0 Å². The van der Waals surface area contributed by atoms with Crippen molar-refractivity contribution in [2.75, 3.05) is 0 Å². The molecule has 138 valence electrons. The second kappa shape index (κ2) is 7.00. The molecular formula is C22H22N2O3. The maximum Gasteiger partial charge on any atom is 0.336 e. The van der Waals surface area contributed by atoms with Crippen LogP contribution in [-0.4, -0.2) is 16.8 Å². The predicted molar refractivity (Wildman–Crippen MR) is 104 cm³/mol. The standard InChI is InChI=1S/C22H22N2O3/c1-2-14-7-8-20-18(9-14)17(11-21(25)27-20)13-24-12-16-6-4-3-5-15(16)10-19(24)22(23)26/h3-9,11,19H,2,10,12-13H2,1H3,(H2,23,26)/t19-/m1/s1. The number of primary amides is 1. The summed E-state index contributed by atoms with van der Waals surface area (Å²) in [6.45, 7) is 3.18. The van der Waals surface area contributed by atoms with E-state index in [1.54, 1.807) is 0 Å². The van der Waals surface area contributed by atoms with Gasteiger partial charge >= 0.3 is 5.63 Å². The monoisotopic (exact) mass is 362 g/mol. The first-order valence-corrected chi connectivity index (χ1v) is 9.21. The molecule has 0 unspecified atom stereocenters. The average Bonchev–Trinajstić information content (AvgIpc) is 2.67. The van der Waals surface area contributed by atoms with Crippen molar-refractivity contribution in [1.29, 1.82) is 0 Å². The van der Waals surface area contributed by atoms with E-state index in [4.69, 9.17) is 10.2 Å². The third kappa shape index (κ3) is 3.38. The molecule has 3 aromatic rings. The van der Waals surface area contributed by atoms with Crippen LogP contribution in [0.5, 0.6) is 0 Å². The van der Waals surface area contributed by atoms with Crippen molar-refractivity contribution < 1.29 is 9.21 Å². The Morgan fingerprint density at radius 1 is 1.19 bits per heavy atom. The molecule has 4 rings (SSSR count). The van der Waals surface area contributed by atoms with E-state index in [1.165, 1.54) is 17.2 Å². The molecule has 0 fully saturated rings. The van der Waals surface area contributed by atoms with Crippen LogP contribution in [0.4, 0.5) is 0 Å². The van der Waals surface area contributed by atoms with Gasteiger partial charge in [-0.1, -0.05) is 37.3 Å². The van der Waals surface area contributed by atoms with Gasteiger partial charge in [0.25, 0.3) is 0 Å². The minimum absolute atomic E-state index is 0.342. The van der Waals surface area contributed by atoms with Gasteiger partial charge in [-0.25, -0.2) is 4.79 Å². The highest BCUT2D eigenvalue weighted by molar-refractivity contribution is 5.82. The lowest BCUT2D eigenvalue weighted by molar-refractivity contribution is -0.124. The van der Waals surface area contributed by atoms with Gasteiger partial charge in [0.05, 0.1) is 6.04 Å². The molecular weight excluding hydrogens is 340 g/mol. The maximum atomic E-state index is 12.1. The molecule has 0 saturated heterocycles. The molecule has 0 bridgehead atoms. The van der Waals surface area contributed by atoms with Crippen LogP contribution in [0.25, 0.3) is 11.0 Å². The summed E-state index contributed by atoms with van der Waals surface area (Å²) in [5.41, 5.74) is 10.3. The lowest BCUT2D eigenvalue weighted by Crippen LogP contribution is -2.48. The zero-order valence-electron chi connectivity index (χ0n) is 15.3. The summed E-state index contributed by atoms with van der Waals surface area (Å²) in [6.07, 6.45) is 1.49. The number of hydrogen-bond acceptors (Lipinski definition) is 4. The Bertz CT molecular complexity index is 1070. The van der Waals surface area contributed by atoms with Crippen LogP contribution in [0.3, 0.4) is 0 Å². The molecule has 1 aliphatic heterocycles. The molecule has 1 aliphatic rings. The lowest BCUT2D eigenvalue weighted by atomic mass is 9.93. The van der Waals surface area contributed by atoms with Crippen molar-refractivity contribution in [1.82, 2.24) is 4.90 Å². The van der Waals surface area contributed by atoms with Gasteiger partial charge in [-0.3, -0.25) is 9.69 Å². The Morgan fingerprint density at radius 3 is 2.70 bits per heavy atom. The molecule has 0 spiro atoms. The first-order valence-electron chi connectivity index (χ1n) is 9.21. The van der Waals surface area contributed by atoms with Crippen molar-refractivity contribution in [3.63, 3.8) is 0 Å². The van der Waals surface area contributed by atoms with Gasteiger partial charge in [-0.05, 0) is 47.2 Å². The second-order valence-electron chi connectivity index (χ2n) is 7.07. The summed E-state index contributed by atoms with van der Waals surface area (Å²) in [4.78, 5) is 26.2. The van der Waals surface area contributed by atoms with Crippen LogP contribution < -0.4 is 11.4 Å². The molecule has 2 aromatic carbocycles. The van der Waals surface area contributed by atoms with Crippen LogP contribution in [0.15, 0.2) is 57.7 Å². The molecule has 1 amide bonds. The van der Waals surface area contributed by atoms with Crippen molar-refractivity contribution in [3.05, 3.63) is 81.2 Å². The predicted octanol–water partition coefficient (Wildman–Crippen LogP) is 2.77. The minimum atomic E-state index is -0.392. The molecule has 27 heavy (non-hydrogen) atoms. The van der Waals surface area contributed by atoms with E-state index < -0.39 is 6.04 Å². The highest BCUT2D eigenvalue weighted by atomic mass is 16.4. The summed E-state index contributed by atoms with van der Waals surface area (Å²) < 4.78 is 5.36. The quantitative estimate of drug-likeness (QED) is 0.724. The van der Waals surface area contributed by atoms with Crippen molar-refractivity contribution in [3.8, 4) is 0 Å². The Balaban J connectivity index is 1.76. The van der Waals surface area contributed by atoms with Gasteiger partial charge in [0.2, 0.25) is 5.91 Å². The number of nitrogens with two attached hydrogens (primary N) is 1. The van der Waals surface area contributed by atoms with E-state index in [-0.39, 0.29) is 11.5 Å². The first kappa shape index (κ1) is 17.5. The molecule has 1 aromatic heterocycles. The average molecular weight is 362 g/mol. The molecule has 0 radical (unpaired) electrons. The zero-order valence-corrected chi connectivity index (χ0v) is 15.3. The van der Waals surface area contributed by atoms with Crippen LogP contribution in [-0.2, 0) is 30.7 Å². The summed E-state index contributed by atoms with van der Waals surface area (Å²) in [7, 11) is 0. The number of nitrogens with zero attached hydrogens (tertiary/aromatic N) is 1. The molecule has 0 aliphatic carbocycles. The number of fused-ring (bicyclic) bond motifs is 2. The van der Waals surface area contributed by atoms with Crippen molar-refractivity contribution in [2.24, 2.45) is 5.73 Å². The maximum absolute atomic E-state index is 12.1. The van der Waals surface area contributed by atoms with Crippen molar-refractivity contribution >= 4 is 16.9 Å². The van der Waals surface area contributed by atoms with E-state index in [0.29, 0.717) is 25.1 Å². The summed E-state index contributed by atoms with van der Waals surface area (Å²) in [5.74, 6) is -0.342. The van der Waals surface area contributed by atoms with Crippen molar-refractivity contribution in [2.45, 2.75) is 38.9 Å². The van der Waals surface area contributed by atoms with E-state index in [1.807, 2.05) is 30.3 Å². The number of hydrogen-bond donors (Lipinski definition) is 1. The van der Waals surface area contributed by atoms with Crippen LogP contribution in [0.1, 0.15) is 29.2 Å². The molecule has 1 atom stereocenters. The van der Waals surface area contributed by atoms with E-state index in [2.05, 4.69) is 24.0 Å². The number of rotatable bonds is 4. The number of benzene rings is 2. The Kier molecular flexibility index (Phi) is 4.54. The van der Waals surface area contributed by atoms with Gasteiger partial charge in [0, 0.05) is 24.5 Å². The summed E-state index contributed by atoms with van der Waals surface area (Å²) in [6, 6.07) is 15.1. The highest BCUT2D eigenvalue weighted by Gasteiger charge is 2.30. The number of amides is 1. The van der Waals surface area contributed by atoms with E-state index in [0.717, 1.165) is 22.9 Å². The number of carbonyl (C=O) groups is 1. The Labute approximate surface area is 157 Å². The zero-order chi connectivity index (χ0) is 19.0. The molecule has 0 saturated carbocycles. The normalized spacial score (nSPS) is 17.0. The SMILES string of the molecule is CCc1ccc2oc(=O)cc(CN3Cc4ccccc4C[C@@H]3C(N)=O)c2c1. The van der Waals surface area contributed by atoms with Crippen LogP contribution in [0.2, 0.25) is 0 Å². The van der Waals surface area contributed by atoms with Crippen LogP contribution in [0, 0.1) is 0 Å². The molecule has 5 heteroatoms. The third-order valence-corrected chi connectivity index (χ3v) is 5.35. The fourth-order valence-corrected chi connectivity index (χ4v) is 3.87. The van der Waals surface area contributed by atoms with E-state index >= 15 is 0 Å². The highest BCUT2D eigenvalue weighted by Crippen LogP contribution is 2.27. The molecule has 2 heterocycles.